The number of hydrogen-bond acceptors (Lipinski definition) is 4. The van der Waals surface area contributed by atoms with E-state index >= 15 is 0 Å². The number of nitrogens with zero attached hydrogens (tertiary/aromatic N) is 3. The molecular formula is C10H10N4O2. The SMILES string of the molecule is Cc1ccccc1-n1ncc([N+](=O)[O-])c1N. The molecule has 6 nitrogen and oxygen atoms in total. The highest BCUT2D eigenvalue weighted by molar-refractivity contribution is 5.57. The molecular weight excluding hydrogens is 208 g/mol. The van der Waals surface area contributed by atoms with E-state index in [1.54, 1.807) is 0 Å². The van der Waals surface area contributed by atoms with Gasteiger partial charge in [0.25, 0.3) is 0 Å². The van der Waals surface area contributed by atoms with Crippen LogP contribution in [0.15, 0.2) is 30.5 Å². The first kappa shape index (κ1) is 10.2. The molecule has 1 heterocycles. The standard InChI is InChI=1S/C10H10N4O2/c1-7-4-2-3-5-8(7)13-10(11)9(6-12-13)14(15)16/h2-6H,11H2,1H3. The molecule has 2 N–H and O–H groups in total. The molecule has 0 aliphatic rings. The molecule has 2 rings (SSSR count). The minimum atomic E-state index is -0.545. The Bertz CT molecular complexity index is 548. The molecule has 0 spiro atoms. The molecule has 0 saturated carbocycles. The predicted octanol–water partition coefficient (Wildman–Crippen LogP) is 1.67. The third kappa shape index (κ3) is 1.50. The largest absolute Gasteiger partial charge is 0.378 e. The second-order valence-electron chi connectivity index (χ2n) is 3.37. The van der Waals surface area contributed by atoms with Gasteiger partial charge in [-0.25, -0.2) is 4.68 Å². The highest BCUT2D eigenvalue weighted by Gasteiger charge is 2.18. The lowest BCUT2D eigenvalue weighted by molar-refractivity contribution is -0.383. The van der Waals surface area contributed by atoms with E-state index in [0.29, 0.717) is 0 Å². The van der Waals surface area contributed by atoms with Gasteiger partial charge in [0.05, 0.1) is 10.6 Å². The van der Waals surface area contributed by atoms with Crippen molar-refractivity contribution in [1.82, 2.24) is 9.78 Å². The van der Waals surface area contributed by atoms with Gasteiger partial charge in [0.2, 0.25) is 5.82 Å². The molecule has 0 unspecified atom stereocenters. The molecule has 82 valence electrons. The molecule has 0 fully saturated rings. The number of aromatic nitrogens is 2. The highest BCUT2D eigenvalue weighted by atomic mass is 16.6. The van der Waals surface area contributed by atoms with Crippen LogP contribution in [0.4, 0.5) is 11.5 Å². The molecule has 1 aromatic heterocycles. The van der Waals surface area contributed by atoms with Gasteiger partial charge in [0.1, 0.15) is 6.20 Å². The zero-order chi connectivity index (χ0) is 11.7. The fourth-order valence-electron chi connectivity index (χ4n) is 1.48. The summed E-state index contributed by atoms with van der Waals surface area (Å²) >= 11 is 0. The molecule has 1 aromatic carbocycles. The van der Waals surface area contributed by atoms with Crippen LogP contribution in [0.25, 0.3) is 5.69 Å². The lowest BCUT2D eigenvalue weighted by atomic mass is 10.2. The Morgan fingerprint density at radius 2 is 2.12 bits per heavy atom. The van der Waals surface area contributed by atoms with E-state index in [0.717, 1.165) is 17.4 Å². The normalized spacial score (nSPS) is 10.3. The first-order valence-corrected chi connectivity index (χ1v) is 4.65. The van der Waals surface area contributed by atoms with E-state index in [1.807, 2.05) is 31.2 Å². The van der Waals surface area contributed by atoms with Gasteiger partial charge >= 0.3 is 5.69 Å². The van der Waals surface area contributed by atoms with Crippen molar-refractivity contribution in [2.24, 2.45) is 0 Å². The summed E-state index contributed by atoms with van der Waals surface area (Å²) in [6.07, 6.45) is 1.15. The Balaban J connectivity index is 2.58. The van der Waals surface area contributed by atoms with E-state index in [4.69, 9.17) is 5.73 Å². The first-order valence-electron chi connectivity index (χ1n) is 4.65. The van der Waals surface area contributed by atoms with E-state index in [2.05, 4.69) is 5.10 Å². The molecule has 0 radical (unpaired) electrons. The monoisotopic (exact) mass is 218 g/mol. The van der Waals surface area contributed by atoms with E-state index < -0.39 is 4.92 Å². The number of rotatable bonds is 2. The van der Waals surface area contributed by atoms with E-state index in [1.165, 1.54) is 4.68 Å². The van der Waals surface area contributed by atoms with Gasteiger partial charge in [-0.2, -0.15) is 5.10 Å². The van der Waals surface area contributed by atoms with E-state index in [9.17, 15) is 10.1 Å². The summed E-state index contributed by atoms with van der Waals surface area (Å²) in [5.74, 6) is 0.0410. The van der Waals surface area contributed by atoms with Gasteiger partial charge in [0, 0.05) is 0 Å². The van der Waals surface area contributed by atoms with Crippen LogP contribution in [0, 0.1) is 17.0 Å². The topological polar surface area (TPSA) is 87.0 Å². The van der Waals surface area contributed by atoms with Gasteiger partial charge < -0.3 is 5.73 Å². The summed E-state index contributed by atoms with van der Waals surface area (Å²) < 4.78 is 1.37. The van der Waals surface area contributed by atoms with Crippen LogP contribution in [-0.4, -0.2) is 14.7 Å². The minimum Gasteiger partial charge on any atom is -0.378 e. The van der Waals surface area contributed by atoms with Crippen molar-refractivity contribution in [2.75, 3.05) is 5.73 Å². The Labute approximate surface area is 91.5 Å². The summed E-state index contributed by atoms with van der Waals surface area (Å²) in [4.78, 5) is 10.1. The number of nitrogens with two attached hydrogens (primary N) is 1. The van der Waals surface area contributed by atoms with Crippen LogP contribution < -0.4 is 5.73 Å². The minimum absolute atomic E-state index is 0.0410. The van der Waals surface area contributed by atoms with Crippen LogP contribution in [0.5, 0.6) is 0 Å². The van der Waals surface area contributed by atoms with Gasteiger partial charge in [0.15, 0.2) is 0 Å². The van der Waals surface area contributed by atoms with E-state index in [-0.39, 0.29) is 11.5 Å². The van der Waals surface area contributed by atoms with Gasteiger partial charge in [-0.3, -0.25) is 10.1 Å². The third-order valence-electron chi connectivity index (χ3n) is 2.33. The van der Waals surface area contributed by atoms with Crippen molar-refractivity contribution in [1.29, 1.82) is 0 Å². The third-order valence-corrected chi connectivity index (χ3v) is 2.33. The summed E-state index contributed by atoms with van der Waals surface area (Å²) in [6.45, 7) is 1.89. The van der Waals surface area contributed by atoms with Gasteiger partial charge in [-0.1, -0.05) is 18.2 Å². The van der Waals surface area contributed by atoms with Crippen LogP contribution in [0.1, 0.15) is 5.56 Å². The Hall–Kier alpha value is -2.37. The number of para-hydroxylation sites is 1. The lowest BCUT2D eigenvalue weighted by Gasteiger charge is -2.05. The summed E-state index contributed by atoms with van der Waals surface area (Å²) in [7, 11) is 0. The number of nitro groups is 1. The van der Waals surface area contributed by atoms with Crippen molar-refractivity contribution in [3.05, 3.63) is 46.1 Å². The summed E-state index contributed by atoms with van der Waals surface area (Å²) in [5.41, 5.74) is 7.18. The lowest BCUT2D eigenvalue weighted by Crippen LogP contribution is -2.04. The smallest absolute Gasteiger partial charge is 0.331 e. The van der Waals surface area contributed by atoms with Crippen LogP contribution in [0.2, 0.25) is 0 Å². The van der Waals surface area contributed by atoms with Gasteiger partial charge in [-0.05, 0) is 18.6 Å². The number of hydrogen-bond donors (Lipinski definition) is 1. The Morgan fingerprint density at radius 3 is 2.69 bits per heavy atom. The Kier molecular flexibility index (Phi) is 2.32. The van der Waals surface area contributed by atoms with Crippen LogP contribution in [-0.2, 0) is 0 Å². The zero-order valence-electron chi connectivity index (χ0n) is 8.62. The maximum absolute atomic E-state index is 10.6. The van der Waals surface area contributed by atoms with Crippen LogP contribution in [0.3, 0.4) is 0 Å². The van der Waals surface area contributed by atoms with Crippen molar-refractivity contribution < 1.29 is 4.92 Å². The molecule has 0 amide bonds. The molecule has 0 aliphatic carbocycles. The zero-order valence-corrected chi connectivity index (χ0v) is 8.62. The number of nitrogen functional groups attached to an aromatic ring is 1. The van der Waals surface area contributed by atoms with Crippen molar-refractivity contribution in [2.45, 2.75) is 6.92 Å². The van der Waals surface area contributed by atoms with Crippen molar-refractivity contribution in [3.8, 4) is 5.69 Å². The number of aryl methyl sites for hydroxylation is 1. The Morgan fingerprint density at radius 1 is 1.44 bits per heavy atom. The summed E-state index contributed by atoms with van der Waals surface area (Å²) in [6, 6.07) is 7.41. The van der Waals surface area contributed by atoms with Crippen molar-refractivity contribution >= 4 is 11.5 Å². The fraction of sp³-hybridized carbons (Fsp3) is 0.100. The second-order valence-corrected chi connectivity index (χ2v) is 3.37. The average molecular weight is 218 g/mol. The molecule has 0 atom stereocenters. The quantitative estimate of drug-likeness (QED) is 0.613. The molecule has 16 heavy (non-hydrogen) atoms. The molecule has 0 saturated heterocycles. The first-order chi connectivity index (χ1) is 7.61. The van der Waals surface area contributed by atoms with Crippen LogP contribution >= 0.6 is 0 Å². The molecule has 0 bridgehead atoms. The predicted molar refractivity (Wildman–Crippen MR) is 59.4 cm³/mol. The molecule has 2 aromatic rings. The number of anilines is 1. The maximum Gasteiger partial charge on any atom is 0.331 e. The maximum atomic E-state index is 10.6. The average Bonchev–Trinajstić information content (AvgIpc) is 2.61. The highest BCUT2D eigenvalue weighted by Crippen LogP contribution is 2.24. The molecule has 6 heteroatoms. The molecule has 0 aliphatic heterocycles. The number of benzene rings is 1. The second kappa shape index (κ2) is 3.65. The van der Waals surface area contributed by atoms with Gasteiger partial charge in [-0.15, -0.1) is 0 Å². The van der Waals surface area contributed by atoms with Crippen molar-refractivity contribution in [3.63, 3.8) is 0 Å². The fourth-order valence-corrected chi connectivity index (χ4v) is 1.48. The summed E-state index contributed by atoms with van der Waals surface area (Å²) in [5, 5.41) is 14.5.